The minimum Gasteiger partial charge on any atom is -0.252 e. The third-order valence-electron chi connectivity index (χ3n) is 5.17. The van der Waals surface area contributed by atoms with Crippen LogP contribution in [0.4, 0.5) is 27.6 Å². The molecule has 172 valence electrons. The zero-order valence-corrected chi connectivity index (χ0v) is 17.8. The van der Waals surface area contributed by atoms with E-state index in [0.29, 0.717) is 11.4 Å². The predicted octanol–water partition coefficient (Wildman–Crippen LogP) is 5.90. The SMILES string of the molecule is [C-]#[N+]c1cn(-c2cccc(C(C)(C)c3cccc(-c4ccc(F)nc4F)n3)n2)nc1C(F)(F)F. The molecule has 6 nitrogen and oxygen atoms in total. The number of rotatable bonds is 4. The van der Waals surface area contributed by atoms with Gasteiger partial charge in [0.15, 0.2) is 11.5 Å². The number of halogens is 5. The van der Waals surface area contributed by atoms with Crippen LogP contribution in [0.1, 0.15) is 30.9 Å². The van der Waals surface area contributed by atoms with Crippen LogP contribution in [0.3, 0.4) is 0 Å². The second kappa shape index (κ2) is 8.30. The highest BCUT2D eigenvalue weighted by Crippen LogP contribution is 2.36. The lowest BCUT2D eigenvalue weighted by Crippen LogP contribution is -2.23. The van der Waals surface area contributed by atoms with Gasteiger partial charge >= 0.3 is 6.18 Å². The van der Waals surface area contributed by atoms with Crippen molar-refractivity contribution in [3.05, 3.63) is 95.1 Å². The van der Waals surface area contributed by atoms with Gasteiger partial charge in [-0.05, 0) is 50.2 Å². The van der Waals surface area contributed by atoms with Gasteiger partial charge in [-0.25, -0.2) is 14.5 Å². The first-order valence-corrected chi connectivity index (χ1v) is 9.83. The Morgan fingerprint density at radius 2 is 1.56 bits per heavy atom. The molecule has 11 heteroatoms. The van der Waals surface area contributed by atoms with E-state index in [1.54, 1.807) is 44.2 Å². The molecule has 0 aliphatic carbocycles. The summed E-state index contributed by atoms with van der Waals surface area (Å²) in [5.41, 5.74) is -1.61. The fourth-order valence-corrected chi connectivity index (χ4v) is 3.33. The first-order chi connectivity index (χ1) is 16.0. The molecule has 0 radical (unpaired) electrons. The van der Waals surface area contributed by atoms with Crippen LogP contribution in [0.25, 0.3) is 21.9 Å². The lowest BCUT2D eigenvalue weighted by molar-refractivity contribution is -0.140. The first kappa shape index (κ1) is 23.0. The topological polar surface area (TPSA) is 60.9 Å². The molecule has 0 aromatic carbocycles. The van der Waals surface area contributed by atoms with Gasteiger partial charge in [0.1, 0.15) is 0 Å². The average molecular weight is 470 g/mol. The van der Waals surface area contributed by atoms with Crippen molar-refractivity contribution in [3.63, 3.8) is 0 Å². The van der Waals surface area contributed by atoms with Gasteiger partial charge in [-0.2, -0.15) is 32.0 Å². The molecule has 0 N–H and O–H groups in total. The number of alkyl halides is 3. The van der Waals surface area contributed by atoms with Crippen LogP contribution in [0.2, 0.25) is 0 Å². The maximum absolute atomic E-state index is 14.2. The molecular formula is C23H15F5N6. The van der Waals surface area contributed by atoms with Crippen LogP contribution in [0, 0.1) is 18.5 Å². The predicted molar refractivity (Wildman–Crippen MR) is 112 cm³/mol. The molecule has 0 aliphatic heterocycles. The number of aromatic nitrogens is 5. The van der Waals surface area contributed by atoms with Crippen molar-refractivity contribution in [1.82, 2.24) is 24.7 Å². The average Bonchev–Trinajstić information content (AvgIpc) is 3.25. The highest BCUT2D eigenvalue weighted by Gasteiger charge is 2.37. The number of hydrogen-bond donors (Lipinski definition) is 0. The third-order valence-corrected chi connectivity index (χ3v) is 5.17. The van der Waals surface area contributed by atoms with E-state index >= 15 is 0 Å². The Bertz CT molecular complexity index is 1420. The van der Waals surface area contributed by atoms with E-state index in [9.17, 15) is 22.0 Å². The van der Waals surface area contributed by atoms with Gasteiger partial charge in [-0.1, -0.05) is 12.1 Å². The molecule has 0 aliphatic rings. The van der Waals surface area contributed by atoms with E-state index < -0.39 is 34.9 Å². The number of pyridine rings is 3. The van der Waals surface area contributed by atoms with Gasteiger partial charge in [-0.15, -0.1) is 0 Å². The lowest BCUT2D eigenvalue weighted by atomic mass is 9.84. The number of nitrogens with zero attached hydrogens (tertiary/aromatic N) is 6. The van der Waals surface area contributed by atoms with Gasteiger partial charge in [0.25, 0.3) is 0 Å². The summed E-state index contributed by atoms with van der Waals surface area (Å²) in [6.07, 6.45) is -3.81. The summed E-state index contributed by atoms with van der Waals surface area (Å²) in [5.74, 6) is -1.87. The Morgan fingerprint density at radius 1 is 0.882 bits per heavy atom. The molecular weight excluding hydrogens is 455 g/mol. The second-order valence-electron chi connectivity index (χ2n) is 7.80. The van der Waals surface area contributed by atoms with Crippen LogP contribution in [0.15, 0.2) is 54.7 Å². The molecule has 4 aromatic rings. The molecule has 4 heterocycles. The lowest BCUT2D eigenvalue weighted by Gasteiger charge is -2.24. The maximum Gasteiger partial charge on any atom is 0.425 e. The molecule has 0 unspecified atom stereocenters. The minimum absolute atomic E-state index is 0.0173. The smallest absolute Gasteiger partial charge is 0.252 e. The molecule has 0 fully saturated rings. The van der Waals surface area contributed by atoms with Crippen LogP contribution < -0.4 is 0 Å². The Balaban J connectivity index is 1.75. The highest BCUT2D eigenvalue weighted by molar-refractivity contribution is 5.59. The van der Waals surface area contributed by atoms with E-state index in [0.717, 1.165) is 16.9 Å². The van der Waals surface area contributed by atoms with Gasteiger partial charge in [0.2, 0.25) is 17.6 Å². The van der Waals surface area contributed by atoms with Gasteiger partial charge < -0.3 is 0 Å². The zero-order chi connectivity index (χ0) is 24.7. The summed E-state index contributed by atoms with van der Waals surface area (Å²) in [6, 6.07) is 11.9. The number of hydrogen-bond acceptors (Lipinski definition) is 4. The van der Waals surface area contributed by atoms with Crippen LogP contribution in [0.5, 0.6) is 0 Å². The normalized spacial score (nSPS) is 11.9. The third kappa shape index (κ3) is 4.22. The zero-order valence-electron chi connectivity index (χ0n) is 17.8. The molecule has 4 rings (SSSR count). The molecule has 4 aromatic heterocycles. The standard InChI is InChI=1S/C23H15F5N6/c1-22(2,16-7-4-6-14(30-16)13-10-11-18(24)32-21(13)25)17-8-5-9-19(31-17)34-12-15(29-3)20(33-34)23(26,27)28/h4-12H,1-2H3. The molecule has 0 amide bonds. The van der Waals surface area contributed by atoms with Gasteiger partial charge in [-0.3, -0.25) is 4.98 Å². The van der Waals surface area contributed by atoms with Crippen LogP contribution in [-0.2, 0) is 11.6 Å². The van der Waals surface area contributed by atoms with E-state index in [1.807, 2.05) is 0 Å². The molecule has 0 saturated carbocycles. The Hall–Kier alpha value is -4.20. The Morgan fingerprint density at radius 3 is 2.18 bits per heavy atom. The largest absolute Gasteiger partial charge is 0.425 e. The van der Waals surface area contributed by atoms with Crippen molar-refractivity contribution in [2.75, 3.05) is 0 Å². The summed E-state index contributed by atoms with van der Waals surface area (Å²) >= 11 is 0. The van der Waals surface area contributed by atoms with E-state index in [1.165, 1.54) is 12.1 Å². The van der Waals surface area contributed by atoms with E-state index in [-0.39, 0.29) is 17.1 Å². The van der Waals surface area contributed by atoms with Crippen molar-refractivity contribution < 1.29 is 22.0 Å². The van der Waals surface area contributed by atoms with Crippen molar-refractivity contribution >= 4 is 5.69 Å². The summed E-state index contributed by atoms with van der Waals surface area (Å²) in [7, 11) is 0. The van der Waals surface area contributed by atoms with Gasteiger partial charge in [0.05, 0.1) is 29.2 Å². The van der Waals surface area contributed by atoms with Crippen molar-refractivity contribution in [2.24, 2.45) is 0 Å². The van der Waals surface area contributed by atoms with Crippen molar-refractivity contribution in [2.45, 2.75) is 25.4 Å². The maximum atomic E-state index is 14.2. The quantitative estimate of drug-likeness (QED) is 0.212. The highest BCUT2D eigenvalue weighted by atomic mass is 19.4. The van der Waals surface area contributed by atoms with Crippen molar-refractivity contribution in [3.8, 4) is 17.1 Å². The van der Waals surface area contributed by atoms with E-state index in [2.05, 4.69) is 24.9 Å². The molecule has 0 bridgehead atoms. The molecule has 34 heavy (non-hydrogen) atoms. The molecule has 0 saturated heterocycles. The van der Waals surface area contributed by atoms with Crippen molar-refractivity contribution in [1.29, 1.82) is 0 Å². The molecule has 0 atom stereocenters. The summed E-state index contributed by atoms with van der Waals surface area (Å²) in [4.78, 5) is 15.0. The Labute approximate surface area is 190 Å². The monoisotopic (exact) mass is 470 g/mol. The van der Waals surface area contributed by atoms with E-state index in [4.69, 9.17) is 6.57 Å². The van der Waals surface area contributed by atoms with Crippen LogP contribution in [-0.4, -0.2) is 24.7 Å². The fourth-order valence-electron chi connectivity index (χ4n) is 3.33. The molecule has 0 spiro atoms. The first-order valence-electron chi connectivity index (χ1n) is 9.83. The summed E-state index contributed by atoms with van der Waals surface area (Å²) in [6.45, 7) is 10.6. The summed E-state index contributed by atoms with van der Waals surface area (Å²) < 4.78 is 67.8. The summed E-state index contributed by atoms with van der Waals surface area (Å²) in [5, 5.41) is 3.51. The minimum atomic E-state index is -4.78. The van der Waals surface area contributed by atoms with Gasteiger partial charge in [0, 0.05) is 11.6 Å². The second-order valence-corrected chi connectivity index (χ2v) is 7.80. The van der Waals surface area contributed by atoms with Crippen LogP contribution >= 0.6 is 0 Å². The Kier molecular flexibility index (Phi) is 5.61. The fraction of sp³-hybridized carbons (Fsp3) is 0.174.